The summed E-state index contributed by atoms with van der Waals surface area (Å²) >= 11 is 5.69. The van der Waals surface area contributed by atoms with E-state index in [1.54, 1.807) is 12.1 Å². The number of nitrogens with zero attached hydrogens (tertiary/aromatic N) is 2. The Morgan fingerprint density at radius 3 is 2.17 bits per heavy atom. The molecule has 1 atom stereocenters. The summed E-state index contributed by atoms with van der Waals surface area (Å²) in [5.41, 5.74) is 3.37. The number of thiocarbonyl (C=S) groups is 1. The van der Waals surface area contributed by atoms with Gasteiger partial charge in [0.25, 0.3) is 0 Å². The van der Waals surface area contributed by atoms with Gasteiger partial charge in [-0.05, 0) is 66.0 Å². The van der Waals surface area contributed by atoms with Crippen LogP contribution in [0.1, 0.15) is 38.2 Å². The summed E-state index contributed by atoms with van der Waals surface area (Å²) in [6.07, 6.45) is 0.875. The first-order valence-electron chi connectivity index (χ1n) is 13.0. The van der Waals surface area contributed by atoms with E-state index in [9.17, 15) is 18.5 Å². The van der Waals surface area contributed by atoms with Crippen LogP contribution in [0.5, 0.6) is 0 Å². The van der Waals surface area contributed by atoms with Gasteiger partial charge in [0.1, 0.15) is 5.82 Å². The smallest absolute Gasteiger partial charge is 0.238 e. The number of rotatable bonds is 5. The van der Waals surface area contributed by atoms with Crippen LogP contribution in [0.25, 0.3) is 0 Å². The Balaban J connectivity index is 1.73. The summed E-state index contributed by atoms with van der Waals surface area (Å²) in [6, 6.07) is 27.3. The molecular formula is C31H29N5O3S2. The highest BCUT2D eigenvalue weighted by atomic mass is 32.2. The highest BCUT2D eigenvalue weighted by Gasteiger charge is 2.45. The van der Waals surface area contributed by atoms with Gasteiger partial charge in [0, 0.05) is 29.1 Å². The molecule has 0 saturated heterocycles. The zero-order chi connectivity index (χ0) is 29.4. The molecule has 1 aliphatic heterocycles. The second kappa shape index (κ2) is 10.9. The van der Waals surface area contributed by atoms with E-state index < -0.39 is 15.9 Å². The number of sulfonamides is 1. The second-order valence-electron chi connectivity index (χ2n) is 10.8. The zero-order valence-corrected chi connectivity index (χ0v) is 24.2. The molecule has 0 bridgehead atoms. The van der Waals surface area contributed by atoms with Crippen molar-refractivity contribution in [1.29, 1.82) is 5.26 Å². The summed E-state index contributed by atoms with van der Waals surface area (Å²) in [7, 11) is -3.92. The number of nitrogens with one attached hydrogen (secondary N) is 2. The fourth-order valence-electron chi connectivity index (χ4n) is 5.45. The maximum atomic E-state index is 13.9. The third-order valence-corrected chi connectivity index (χ3v) is 8.30. The van der Waals surface area contributed by atoms with Gasteiger partial charge >= 0.3 is 0 Å². The molecule has 3 aromatic rings. The molecule has 10 heteroatoms. The number of hydrogen-bond acceptors (Lipinski definition) is 6. The molecule has 0 saturated carbocycles. The van der Waals surface area contributed by atoms with Crippen LogP contribution < -0.4 is 20.7 Å². The normalized spacial score (nSPS) is 18.4. The molecule has 0 fully saturated rings. The average Bonchev–Trinajstić information content (AvgIpc) is 2.92. The highest BCUT2D eigenvalue weighted by molar-refractivity contribution is 7.89. The lowest BCUT2D eigenvalue weighted by molar-refractivity contribution is -0.118. The zero-order valence-electron chi connectivity index (χ0n) is 22.6. The molecular weight excluding hydrogens is 555 g/mol. The molecule has 0 radical (unpaired) electrons. The van der Waals surface area contributed by atoms with Crippen LogP contribution in [0, 0.1) is 16.7 Å². The van der Waals surface area contributed by atoms with Gasteiger partial charge in [-0.2, -0.15) is 5.26 Å². The van der Waals surface area contributed by atoms with Crippen LogP contribution in [0.3, 0.4) is 0 Å². The number of allylic oxidation sites excluding steroid dienone is 3. The van der Waals surface area contributed by atoms with Gasteiger partial charge in [-0.1, -0.05) is 62.4 Å². The lowest BCUT2D eigenvalue weighted by atomic mass is 9.68. The Morgan fingerprint density at radius 2 is 1.59 bits per heavy atom. The van der Waals surface area contributed by atoms with E-state index in [4.69, 9.17) is 17.4 Å². The molecule has 1 unspecified atom stereocenters. The van der Waals surface area contributed by atoms with Crippen molar-refractivity contribution < 1.29 is 13.2 Å². The third-order valence-electron chi connectivity index (χ3n) is 7.16. The van der Waals surface area contributed by atoms with Gasteiger partial charge in [-0.25, -0.2) is 13.6 Å². The minimum absolute atomic E-state index is 0.0342. The standard InChI is InChI=1S/C31H29N5O3S2/c1-31(2)17-25-28(26(37)18-31)27(20-9-5-3-6-10-20)24(19-32)29(35-30(40)34-21-11-7-4-8-12-21)36(25)22-13-15-23(16-14-22)41(33,38)39/h3-16,27H,17-18H2,1-2H3,(H2,33,38,39)(H2,34,35,40). The van der Waals surface area contributed by atoms with E-state index >= 15 is 0 Å². The number of hydrogen-bond donors (Lipinski definition) is 3. The maximum Gasteiger partial charge on any atom is 0.238 e. The molecule has 5 rings (SSSR count). The van der Waals surface area contributed by atoms with Crippen LogP contribution in [0.4, 0.5) is 11.4 Å². The first-order chi connectivity index (χ1) is 19.5. The second-order valence-corrected chi connectivity index (χ2v) is 12.8. The van der Waals surface area contributed by atoms with Crippen LogP contribution in [-0.4, -0.2) is 19.3 Å². The predicted octanol–water partition coefficient (Wildman–Crippen LogP) is 5.30. The number of primary sulfonamides is 1. The molecule has 4 N–H and O–H groups in total. The molecule has 0 spiro atoms. The molecule has 41 heavy (non-hydrogen) atoms. The maximum absolute atomic E-state index is 13.9. The van der Waals surface area contributed by atoms with Crippen molar-refractivity contribution in [3.05, 3.63) is 113 Å². The number of ketones is 1. The highest BCUT2D eigenvalue weighted by Crippen LogP contribution is 2.50. The Kier molecular flexibility index (Phi) is 7.53. The lowest BCUT2D eigenvalue weighted by Gasteiger charge is -2.44. The summed E-state index contributed by atoms with van der Waals surface area (Å²) in [5.74, 6) is -0.253. The van der Waals surface area contributed by atoms with Crippen LogP contribution in [0.15, 0.2) is 112 Å². The van der Waals surface area contributed by atoms with E-state index in [-0.39, 0.29) is 21.2 Å². The predicted molar refractivity (Wildman–Crippen MR) is 163 cm³/mol. The van der Waals surface area contributed by atoms with Crippen molar-refractivity contribution in [3.63, 3.8) is 0 Å². The third kappa shape index (κ3) is 5.79. The van der Waals surface area contributed by atoms with E-state index in [1.165, 1.54) is 12.1 Å². The molecule has 0 amide bonds. The fourth-order valence-corrected chi connectivity index (χ4v) is 6.18. The van der Waals surface area contributed by atoms with E-state index in [1.807, 2.05) is 79.4 Å². The number of carbonyl (C=O) groups is 1. The first-order valence-corrected chi connectivity index (χ1v) is 15.0. The van der Waals surface area contributed by atoms with Crippen LogP contribution in [0.2, 0.25) is 0 Å². The van der Waals surface area contributed by atoms with E-state index in [0.717, 1.165) is 16.9 Å². The number of para-hydroxylation sites is 1. The Morgan fingerprint density at radius 1 is 0.976 bits per heavy atom. The topological polar surface area (TPSA) is 128 Å². The molecule has 0 aromatic heterocycles. The van der Waals surface area contributed by atoms with E-state index in [2.05, 4.69) is 16.7 Å². The molecule has 2 aliphatic rings. The molecule has 8 nitrogen and oxygen atoms in total. The number of Topliss-reactive ketones (excluding diaryl/α,β-unsaturated/α-hetero) is 1. The van der Waals surface area contributed by atoms with Gasteiger partial charge in [-0.3, -0.25) is 9.69 Å². The number of carbonyl (C=O) groups excluding carboxylic acids is 1. The lowest BCUT2D eigenvalue weighted by Crippen LogP contribution is -2.45. The van der Waals surface area contributed by atoms with Crippen molar-refractivity contribution in [3.8, 4) is 6.07 Å². The SMILES string of the molecule is CC1(C)CC(=O)C2=C(C1)N(c1ccc(S(N)(=O)=O)cc1)C(NC(=S)Nc1ccccc1)=C(C#N)C2c1ccccc1. The largest absolute Gasteiger partial charge is 0.332 e. The van der Waals surface area contributed by atoms with Crippen LogP contribution in [-0.2, 0) is 14.8 Å². The molecule has 1 heterocycles. The number of nitriles is 1. The molecule has 208 valence electrons. The molecule has 1 aliphatic carbocycles. The van der Waals surface area contributed by atoms with Crippen LogP contribution >= 0.6 is 12.2 Å². The van der Waals surface area contributed by atoms with Gasteiger partial charge in [0.15, 0.2) is 10.9 Å². The monoisotopic (exact) mass is 583 g/mol. The average molecular weight is 584 g/mol. The Bertz CT molecular complexity index is 1720. The summed E-state index contributed by atoms with van der Waals surface area (Å²) in [5, 5.41) is 22.6. The number of benzene rings is 3. The number of anilines is 2. The summed E-state index contributed by atoms with van der Waals surface area (Å²) in [6.45, 7) is 4.07. The minimum Gasteiger partial charge on any atom is -0.332 e. The van der Waals surface area contributed by atoms with Crippen molar-refractivity contribution in [2.24, 2.45) is 10.6 Å². The summed E-state index contributed by atoms with van der Waals surface area (Å²) in [4.78, 5) is 15.6. The van der Waals surface area contributed by atoms with Crippen molar-refractivity contribution in [2.75, 3.05) is 10.2 Å². The van der Waals surface area contributed by atoms with Gasteiger partial charge in [0.05, 0.1) is 22.5 Å². The Labute approximate surface area is 245 Å². The quantitative estimate of drug-likeness (QED) is 0.345. The van der Waals surface area contributed by atoms with Gasteiger partial charge in [-0.15, -0.1) is 0 Å². The van der Waals surface area contributed by atoms with Crippen molar-refractivity contribution in [2.45, 2.75) is 37.5 Å². The van der Waals surface area contributed by atoms with Crippen molar-refractivity contribution in [1.82, 2.24) is 5.32 Å². The Hall–Kier alpha value is -4.30. The minimum atomic E-state index is -3.92. The first kappa shape index (κ1) is 28.2. The van der Waals surface area contributed by atoms with Crippen molar-refractivity contribution >= 4 is 44.5 Å². The van der Waals surface area contributed by atoms with Gasteiger partial charge in [0.2, 0.25) is 10.0 Å². The van der Waals surface area contributed by atoms with Gasteiger partial charge < -0.3 is 10.6 Å². The molecule has 3 aromatic carbocycles. The van der Waals surface area contributed by atoms with E-state index in [0.29, 0.717) is 35.5 Å². The fraction of sp³-hybridized carbons (Fsp3) is 0.194. The summed E-state index contributed by atoms with van der Waals surface area (Å²) < 4.78 is 24.0. The number of nitrogens with two attached hydrogens (primary N) is 1.